The molecule has 20 heavy (non-hydrogen) atoms. The fourth-order valence-corrected chi connectivity index (χ4v) is 3.02. The summed E-state index contributed by atoms with van der Waals surface area (Å²) in [4.78, 5) is 0. The molecule has 1 aromatic carbocycles. The summed E-state index contributed by atoms with van der Waals surface area (Å²) in [5, 5.41) is 2.51. The van der Waals surface area contributed by atoms with Gasteiger partial charge in [0.05, 0.1) is 0 Å². The van der Waals surface area contributed by atoms with Crippen molar-refractivity contribution in [1.29, 1.82) is 0 Å². The fourth-order valence-electron chi connectivity index (χ4n) is 3.02. The number of hydrogen-bond acceptors (Lipinski definition) is 1. The third-order valence-corrected chi connectivity index (χ3v) is 4.08. The van der Waals surface area contributed by atoms with Gasteiger partial charge in [-0.2, -0.15) is 13.2 Å². The number of alkyl halides is 3. The monoisotopic (exact) mass is 285 g/mol. The molecule has 0 aromatic heterocycles. The molecule has 1 N–H and O–H groups in total. The van der Waals surface area contributed by atoms with Gasteiger partial charge in [0.2, 0.25) is 0 Å². The lowest BCUT2D eigenvalue weighted by molar-refractivity contribution is -0.157. The predicted octanol–water partition coefficient (Wildman–Crippen LogP) is 4.95. The summed E-state index contributed by atoms with van der Waals surface area (Å²) in [5.74, 6) is 0.529. The standard InChI is InChI=1S/C16H22F3N/c1-2-20-15(16(17,18)19)14-10-8-13(9-11-14)12-6-4-3-5-7-12/h8-12,15,20H,2-7H2,1H3. The second-order valence-electron chi connectivity index (χ2n) is 5.53. The van der Waals surface area contributed by atoms with Crippen molar-refractivity contribution in [3.05, 3.63) is 35.4 Å². The molecule has 0 spiro atoms. The quantitative estimate of drug-likeness (QED) is 0.825. The molecule has 1 atom stereocenters. The Morgan fingerprint density at radius 3 is 2.20 bits per heavy atom. The zero-order valence-electron chi connectivity index (χ0n) is 11.8. The van der Waals surface area contributed by atoms with Crippen molar-refractivity contribution in [3.63, 3.8) is 0 Å². The highest BCUT2D eigenvalue weighted by atomic mass is 19.4. The van der Waals surface area contributed by atoms with Crippen LogP contribution in [0.25, 0.3) is 0 Å². The molecule has 1 nitrogen and oxygen atoms in total. The van der Waals surface area contributed by atoms with Crippen molar-refractivity contribution in [3.8, 4) is 0 Å². The molecule has 1 fully saturated rings. The van der Waals surface area contributed by atoms with Crippen molar-refractivity contribution in [2.24, 2.45) is 0 Å². The minimum Gasteiger partial charge on any atom is -0.303 e. The van der Waals surface area contributed by atoms with Gasteiger partial charge in [-0.3, -0.25) is 0 Å². The van der Waals surface area contributed by atoms with Crippen molar-refractivity contribution in [2.45, 2.75) is 57.2 Å². The van der Waals surface area contributed by atoms with Crippen molar-refractivity contribution < 1.29 is 13.2 Å². The molecule has 0 radical (unpaired) electrons. The molecule has 0 amide bonds. The molecule has 0 heterocycles. The van der Waals surface area contributed by atoms with Crippen LogP contribution < -0.4 is 5.32 Å². The molecule has 0 bridgehead atoms. The summed E-state index contributed by atoms with van der Waals surface area (Å²) >= 11 is 0. The van der Waals surface area contributed by atoms with Crippen LogP contribution in [0.4, 0.5) is 13.2 Å². The highest BCUT2D eigenvalue weighted by molar-refractivity contribution is 5.28. The highest BCUT2D eigenvalue weighted by Gasteiger charge is 2.40. The van der Waals surface area contributed by atoms with E-state index in [0.29, 0.717) is 18.0 Å². The predicted molar refractivity (Wildman–Crippen MR) is 74.7 cm³/mol. The van der Waals surface area contributed by atoms with E-state index in [-0.39, 0.29) is 0 Å². The number of hydrogen-bond donors (Lipinski definition) is 1. The van der Waals surface area contributed by atoms with E-state index in [4.69, 9.17) is 0 Å². The minimum atomic E-state index is -4.25. The summed E-state index contributed by atoms with van der Waals surface area (Å²) in [7, 11) is 0. The molecular formula is C16H22F3N. The summed E-state index contributed by atoms with van der Waals surface area (Å²) in [6.07, 6.45) is 1.82. The Morgan fingerprint density at radius 1 is 1.10 bits per heavy atom. The Morgan fingerprint density at radius 2 is 1.70 bits per heavy atom. The van der Waals surface area contributed by atoms with Gasteiger partial charge >= 0.3 is 6.18 Å². The molecule has 1 aromatic rings. The summed E-state index contributed by atoms with van der Waals surface area (Å²) in [6, 6.07) is 5.45. The zero-order chi connectivity index (χ0) is 14.6. The van der Waals surface area contributed by atoms with Crippen molar-refractivity contribution in [1.82, 2.24) is 5.32 Å². The molecule has 1 aliphatic carbocycles. The number of rotatable bonds is 4. The van der Waals surface area contributed by atoms with Gasteiger partial charge < -0.3 is 5.32 Å². The molecular weight excluding hydrogens is 263 g/mol. The zero-order valence-corrected chi connectivity index (χ0v) is 11.8. The third kappa shape index (κ3) is 3.75. The summed E-state index contributed by atoms with van der Waals surface area (Å²) in [6.45, 7) is 1.99. The first-order chi connectivity index (χ1) is 9.52. The van der Waals surface area contributed by atoms with Crippen LogP contribution in [0.1, 0.15) is 62.1 Å². The largest absolute Gasteiger partial charge is 0.407 e. The fraction of sp³-hybridized carbons (Fsp3) is 0.625. The first kappa shape index (κ1) is 15.4. The smallest absolute Gasteiger partial charge is 0.303 e. The van der Waals surface area contributed by atoms with Crippen LogP contribution in [-0.4, -0.2) is 12.7 Å². The molecule has 112 valence electrons. The van der Waals surface area contributed by atoms with Gasteiger partial charge in [0.1, 0.15) is 6.04 Å². The Hall–Kier alpha value is -1.03. The number of nitrogens with one attached hydrogen (secondary N) is 1. The SMILES string of the molecule is CCNC(c1ccc(C2CCCCC2)cc1)C(F)(F)F. The molecule has 1 aliphatic rings. The molecule has 1 saturated carbocycles. The summed E-state index contributed by atoms with van der Waals surface area (Å²) < 4.78 is 39.0. The van der Waals surface area contributed by atoms with E-state index in [1.807, 2.05) is 12.1 Å². The van der Waals surface area contributed by atoms with Gasteiger partial charge in [0.15, 0.2) is 0 Å². The third-order valence-electron chi connectivity index (χ3n) is 4.08. The first-order valence-corrected chi connectivity index (χ1v) is 7.42. The summed E-state index contributed by atoms with van der Waals surface area (Å²) in [5.41, 5.74) is 1.49. The first-order valence-electron chi connectivity index (χ1n) is 7.42. The van der Waals surface area contributed by atoms with Gasteiger partial charge in [-0.1, -0.05) is 50.5 Å². The maximum Gasteiger partial charge on any atom is 0.407 e. The normalized spacial score (nSPS) is 19.0. The average Bonchev–Trinajstić information content (AvgIpc) is 2.45. The topological polar surface area (TPSA) is 12.0 Å². The second-order valence-corrected chi connectivity index (χ2v) is 5.53. The van der Waals surface area contributed by atoms with Gasteiger partial charge in [0, 0.05) is 0 Å². The Kier molecular flexibility index (Phi) is 5.08. The van der Waals surface area contributed by atoms with Gasteiger partial charge in [0.25, 0.3) is 0 Å². The molecule has 2 rings (SSSR count). The minimum absolute atomic E-state index is 0.300. The van der Waals surface area contributed by atoms with Crippen LogP contribution in [0, 0.1) is 0 Å². The molecule has 1 unspecified atom stereocenters. The van der Waals surface area contributed by atoms with Gasteiger partial charge in [-0.15, -0.1) is 0 Å². The second kappa shape index (κ2) is 6.61. The van der Waals surface area contributed by atoms with Crippen LogP contribution in [0.5, 0.6) is 0 Å². The van der Waals surface area contributed by atoms with E-state index in [1.165, 1.54) is 24.8 Å². The lowest BCUT2D eigenvalue weighted by Crippen LogP contribution is -2.34. The number of benzene rings is 1. The van der Waals surface area contributed by atoms with E-state index >= 15 is 0 Å². The van der Waals surface area contributed by atoms with Gasteiger partial charge in [-0.05, 0) is 36.4 Å². The van der Waals surface area contributed by atoms with Crippen LogP contribution >= 0.6 is 0 Å². The van der Waals surface area contributed by atoms with E-state index in [0.717, 1.165) is 12.8 Å². The van der Waals surface area contributed by atoms with Crippen LogP contribution in [0.15, 0.2) is 24.3 Å². The molecule has 0 saturated heterocycles. The maximum absolute atomic E-state index is 13.0. The molecule has 4 heteroatoms. The lowest BCUT2D eigenvalue weighted by atomic mass is 9.83. The Bertz CT molecular complexity index is 405. The lowest BCUT2D eigenvalue weighted by Gasteiger charge is -2.24. The van der Waals surface area contributed by atoms with Gasteiger partial charge in [-0.25, -0.2) is 0 Å². The van der Waals surface area contributed by atoms with E-state index in [2.05, 4.69) is 5.32 Å². The Labute approximate surface area is 118 Å². The van der Waals surface area contributed by atoms with Crippen LogP contribution in [0.2, 0.25) is 0 Å². The van der Waals surface area contributed by atoms with Crippen LogP contribution in [0.3, 0.4) is 0 Å². The average molecular weight is 285 g/mol. The van der Waals surface area contributed by atoms with Crippen LogP contribution in [-0.2, 0) is 0 Å². The van der Waals surface area contributed by atoms with E-state index in [1.54, 1.807) is 19.1 Å². The number of halogens is 3. The molecule has 0 aliphatic heterocycles. The Balaban J connectivity index is 2.13. The maximum atomic E-state index is 13.0. The van der Waals surface area contributed by atoms with E-state index < -0.39 is 12.2 Å². The van der Waals surface area contributed by atoms with E-state index in [9.17, 15) is 13.2 Å². The highest BCUT2D eigenvalue weighted by Crippen LogP contribution is 2.35. The van der Waals surface area contributed by atoms with Crippen molar-refractivity contribution >= 4 is 0 Å². The van der Waals surface area contributed by atoms with Crippen molar-refractivity contribution in [2.75, 3.05) is 6.54 Å².